The fraction of sp³-hybridized carbons (Fsp3) is 0.938. The summed E-state index contributed by atoms with van der Waals surface area (Å²) in [5, 5.41) is 6.36. The first-order valence-electron chi connectivity index (χ1n) is 8.30. The van der Waals surface area contributed by atoms with Crippen molar-refractivity contribution in [3.8, 4) is 0 Å². The average molecular weight is 298 g/mol. The lowest BCUT2D eigenvalue weighted by molar-refractivity contribution is -0.126. The average Bonchev–Trinajstić information content (AvgIpc) is 2.95. The Morgan fingerprint density at radius 3 is 3.00 bits per heavy atom. The van der Waals surface area contributed by atoms with E-state index in [1.54, 1.807) is 0 Å². The van der Waals surface area contributed by atoms with Crippen LogP contribution in [0.1, 0.15) is 46.0 Å². The molecule has 0 aromatic heterocycles. The molecule has 2 aliphatic heterocycles. The van der Waals surface area contributed by atoms with Crippen LogP contribution in [0.15, 0.2) is 0 Å². The molecule has 2 unspecified atom stereocenters. The fourth-order valence-electron chi connectivity index (χ4n) is 3.14. The number of ether oxygens (including phenoxy) is 2. The first-order chi connectivity index (χ1) is 10.1. The van der Waals surface area contributed by atoms with E-state index in [4.69, 9.17) is 9.47 Å². The Morgan fingerprint density at radius 2 is 2.29 bits per heavy atom. The number of nitrogens with one attached hydrogen (secondary N) is 2. The number of hydrogen-bond acceptors (Lipinski definition) is 4. The molecule has 2 saturated heterocycles. The van der Waals surface area contributed by atoms with Crippen molar-refractivity contribution in [3.05, 3.63) is 0 Å². The van der Waals surface area contributed by atoms with Crippen LogP contribution in [0.4, 0.5) is 0 Å². The molecule has 0 bridgehead atoms. The molecule has 2 fully saturated rings. The van der Waals surface area contributed by atoms with Gasteiger partial charge in [0.1, 0.15) is 0 Å². The molecule has 122 valence electrons. The Labute approximate surface area is 128 Å². The summed E-state index contributed by atoms with van der Waals surface area (Å²) in [6.45, 7) is 8.17. The van der Waals surface area contributed by atoms with Crippen molar-refractivity contribution in [1.82, 2.24) is 10.6 Å². The number of hydrogen-bond donors (Lipinski definition) is 2. The van der Waals surface area contributed by atoms with E-state index in [0.29, 0.717) is 19.8 Å². The summed E-state index contributed by atoms with van der Waals surface area (Å²) in [5.41, 5.74) is 0.0403. The molecule has 0 spiro atoms. The van der Waals surface area contributed by atoms with Crippen LogP contribution in [0.2, 0.25) is 0 Å². The fourth-order valence-corrected chi connectivity index (χ4v) is 3.14. The molecule has 21 heavy (non-hydrogen) atoms. The second kappa shape index (κ2) is 8.11. The van der Waals surface area contributed by atoms with Crippen LogP contribution in [0.3, 0.4) is 0 Å². The lowest BCUT2D eigenvalue weighted by Crippen LogP contribution is -2.55. The summed E-state index contributed by atoms with van der Waals surface area (Å²) in [6, 6.07) is -0.0703. The minimum atomic E-state index is -0.0703. The van der Waals surface area contributed by atoms with Crippen molar-refractivity contribution in [2.75, 3.05) is 32.9 Å². The highest BCUT2D eigenvalue weighted by Crippen LogP contribution is 2.29. The molecule has 5 heteroatoms. The standard InChI is InChI=1S/C16H30N2O3/c1-16(2)7-4-8-17-14(16)15(19)18-9-5-10-20-12-13-6-3-11-21-13/h13-14,17H,3-12H2,1-2H3,(H,18,19). The summed E-state index contributed by atoms with van der Waals surface area (Å²) in [5.74, 6) is 0.124. The molecule has 0 aromatic carbocycles. The smallest absolute Gasteiger partial charge is 0.237 e. The van der Waals surface area contributed by atoms with E-state index in [9.17, 15) is 4.79 Å². The van der Waals surface area contributed by atoms with Gasteiger partial charge in [0, 0.05) is 19.8 Å². The highest BCUT2D eigenvalue weighted by Gasteiger charge is 2.36. The van der Waals surface area contributed by atoms with Crippen molar-refractivity contribution < 1.29 is 14.3 Å². The van der Waals surface area contributed by atoms with Crippen LogP contribution in [0, 0.1) is 5.41 Å². The van der Waals surface area contributed by atoms with E-state index in [-0.39, 0.29) is 23.5 Å². The molecule has 2 heterocycles. The molecule has 2 rings (SSSR count). The SMILES string of the molecule is CC1(C)CCCNC1C(=O)NCCCOCC1CCCO1. The lowest BCUT2D eigenvalue weighted by Gasteiger charge is -2.38. The molecular weight excluding hydrogens is 268 g/mol. The van der Waals surface area contributed by atoms with Gasteiger partial charge in [-0.15, -0.1) is 0 Å². The Kier molecular flexibility index (Phi) is 6.45. The second-order valence-electron chi connectivity index (χ2n) is 6.83. The van der Waals surface area contributed by atoms with E-state index >= 15 is 0 Å². The predicted molar refractivity (Wildman–Crippen MR) is 82.2 cm³/mol. The van der Waals surface area contributed by atoms with Crippen molar-refractivity contribution >= 4 is 5.91 Å². The van der Waals surface area contributed by atoms with Gasteiger partial charge in [-0.05, 0) is 44.1 Å². The molecule has 0 aromatic rings. The minimum absolute atomic E-state index is 0.0403. The van der Waals surface area contributed by atoms with Gasteiger partial charge in [-0.25, -0.2) is 0 Å². The molecule has 2 N–H and O–H groups in total. The highest BCUT2D eigenvalue weighted by atomic mass is 16.5. The monoisotopic (exact) mass is 298 g/mol. The molecule has 2 aliphatic rings. The normalized spacial score (nSPS) is 28.5. The Hall–Kier alpha value is -0.650. The minimum Gasteiger partial charge on any atom is -0.379 e. The second-order valence-corrected chi connectivity index (χ2v) is 6.83. The highest BCUT2D eigenvalue weighted by molar-refractivity contribution is 5.82. The number of piperidine rings is 1. The van der Waals surface area contributed by atoms with E-state index < -0.39 is 0 Å². The number of amides is 1. The zero-order valence-electron chi connectivity index (χ0n) is 13.5. The summed E-state index contributed by atoms with van der Waals surface area (Å²) < 4.78 is 11.1. The van der Waals surface area contributed by atoms with Crippen molar-refractivity contribution in [1.29, 1.82) is 0 Å². The van der Waals surface area contributed by atoms with Crippen molar-refractivity contribution in [2.24, 2.45) is 5.41 Å². The molecule has 0 aliphatic carbocycles. The largest absolute Gasteiger partial charge is 0.379 e. The maximum absolute atomic E-state index is 12.2. The van der Waals surface area contributed by atoms with Crippen LogP contribution in [0.5, 0.6) is 0 Å². The molecule has 2 atom stereocenters. The number of carbonyl (C=O) groups excluding carboxylic acids is 1. The van der Waals surface area contributed by atoms with Gasteiger partial charge in [-0.1, -0.05) is 13.8 Å². The maximum Gasteiger partial charge on any atom is 0.237 e. The summed E-state index contributed by atoms with van der Waals surface area (Å²) in [4.78, 5) is 12.2. The first-order valence-corrected chi connectivity index (χ1v) is 8.30. The Morgan fingerprint density at radius 1 is 1.43 bits per heavy atom. The van der Waals surface area contributed by atoms with Crippen LogP contribution in [-0.4, -0.2) is 51.0 Å². The van der Waals surface area contributed by atoms with Crippen LogP contribution in [-0.2, 0) is 14.3 Å². The van der Waals surface area contributed by atoms with E-state index in [1.807, 2.05) is 0 Å². The quantitative estimate of drug-likeness (QED) is 0.699. The molecule has 0 radical (unpaired) electrons. The van der Waals surface area contributed by atoms with Gasteiger partial charge >= 0.3 is 0 Å². The van der Waals surface area contributed by atoms with Gasteiger partial charge in [-0.3, -0.25) is 4.79 Å². The Balaban J connectivity index is 1.54. The third kappa shape index (κ3) is 5.24. The maximum atomic E-state index is 12.2. The number of carbonyl (C=O) groups is 1. The van der Waals surface area contributed by atoms with E-state index in [0.717, 1.165) is 45.3 Å². The van der Waals surface area contributed by atoms with Gasteiger partial charge in [-0.2, -0.15) is 0 Å². The van der Waals surface area contributed by atoms with Gasteiger partial charge in [0.25, 0.3) is 0 Å². The summed E-state index contributed by atoms with van der Waals surface area (Å²) >= 11 is 0. The molecular formula is C16H30N2O3. The topological polar surface area (TPSA) is 59.6 Å². The summed E-state index contributed by atoms with van der Waals surface area (Å²) in [7, 11) is 0. The molecule has 0 saturated carbocycles. The van der Waals surface area contributed by atoms with Crippen LogP contribution < -0.4 is 10.6 Å². The number of rotatable bonds is 7. The van der Waals surface area contributed by atoms with Crippen molar-refractivity contribution in [3.63, 3.8) is 0 Å². The Bertz CT molecular complexity index is 327. The zero-order valence-corrected chi connectivity index (χ0v) is 13.5. The van der Waals surface area contributed by atoms with Crippen molar-refractivity contribution in [2.45, 2.75) is 58.1 Å². The molecule has 5 nitrogen and oxygen atoms in total. The predicted octanol–water partition coefficient (Wildman–Crippen LogP) is 1.47. The van der Waals surface area contributed by atoms with Gasteiger partial charge < -0.3 is 20.1 Å². The first kappa shape index (κ1) is 16.7. The summed E-state index contributed by atoms with van der Waals surface area (Å²) in [6.07, 6.45) is 5.64. The third-order valence-electron chi connectivity index (χ3n) is 4.48. The van der Waals surface area contributed by atoms with Crippen LogP contribution in [0.25, 0.3) is 0 Å². The third-order valence-corrected chi connectivity index (χ3v) is 4.48. The lowest BCUT2D eigenvalue weighted by atomic mass is 9.77. The van der Waals surface area contributed by atoms with Crippen LogP contribution >= 0.6 is 0 Å². The van der Waals surface area contributed by atoms with Gasteiger partial charge in [0.15, 0.2) is 0 Å². The zero-order chi connectivity index (χ0) is 15.1. The molecule has 1 amide bonds. The van der Waals surface area contributed by atoms with Gasteiger partial charge in [0.05, 0.1) is 18.8 Å². The van der Waals surface area contributed by atoms with E-state index in [1.165, 1.54) is 0 Å². The van der Waals surface area contributed by atoms with E-state index in [2.05, 4.69) is 24.5 Å². The van der Waals surface area contributed by atoms with Gasteiger partial charge in [0.2, 0.25) is 5.91 Å².